The van der Waals surface area contributed by atoms with E-state index in [4.69, 9.17) is 4.74 Å². The Hall–Kier alpha value is -0.530. The fourth-order valence-electron chi connectivity index (χ4n) is 7.54. The number of fused-ring (bicyclic) bond motifs is 5. The van der Waals surface area contributed by atoms with E-state index in [0.29, 0.717) is 5.92 Å². The highest BCUT2D eigenvalue weighted by atomic mass is 16.6. The molecule has 0 radical (unpaired) electrons. The smallest absolute Gasteiger partial charge is 0.309 e. The zero-order valence-electron chi connectivity index (χ0n) is 15.9. The molecule has 0 spiro atoms. The summed E-state index contributed by atoms with van der Waals surface area (Å²) in [5, 5.41) is 0. The van der Waals surface area contributed by atoms with E-state index >= 15 is 0 Å². The lowest BCUT2D eigenvalue weighted by atomic mass is 9.71. The first kappa shape index (κ1) is 21.8. The molecule has 2 nitrogen and oxygen atoms in total. The molecule has 4 aliphatic rings. The molecular weight excluding hydrogens is 320 g/mol. The molecule has 7 atom stereocenters. The van der Waals surface area contributed by atoms with Crippen molar-refractivity contribution in [1.82, 2.24) is 0 Å². The average Bonchev–Trinajstić information content (AvgIpc) is 3.31. The minimum atomic E-state index is -0.107. The minimum absolute atomic E-state index is 0. The van der Waals surface area contributed by atoms with Gasteiger partial charge in [-0.3, -0.25) is 4.79 Å². The van der Waals surface area contributed by atoms with Gasteiger partial charge in [-0.05, 0) is 86.9 Å². The first-order valence-electron chi connectivity index (χ1n) is 10.8. The van der Waals surface area contributed by atoms with E-state index in [-0.39, 0.29) is 32.3 Å². The van der Waals surface area contributed by atoms with Crippen LogP contribution in [-0.4, -0.2) is 11.6 Å². The van der Waals surface area contributed by atoms with Crippen molar-refractivity contribution in [3.8, 4) is 0 Å². The number of carbonyl (C=O) groups is 1. The molecule has 0 amide bonds. The second-order valence-corrected chi connectivity index (χ2v) is 9.58. The highest BCUT2D eigenvalue weighted by Crippen LogP contribution is 2.65. The van der Waals surface area contributed by atoms with E-state index in [0.717, 1.165) is 55.3 Å². The lowest BCUT2D eigenvalue weighted by molar-refractivity contribution is -0.168. The molecule has 0 aromatic heterocycles. The second-order valence-electron chi connectivity index (χ2n) is 9.58. The molecule has 0 heterocycles. The van der Waals surface area contributed by atoms with Crippen LogP contribution in [0.5, 0.6) is 0 Å². The standard InChI is InChI=1S/C22H36O2.2CH4/c1-4-8-15-11-14(3)19-16-12-17(20(15)19)18(13-16)21(23)24-22(5-2)9-6-7-10-22;;/h14-20H,4-13H2,1-3H3;2*1H4. The monoisotopic (exact) mass is 364 g/mol. The Morgan fingerprint density at radius 3 is 2.35 bits per heavy atom. The van der Waals surface area contributed by atoms with Crippen molar-refractivity contribution in [1.29, 1.82) is 0 Å². The van der Waals surface area contributed by atoms with Crippen molar-refractivity contribution in [3.63, 3.8) is 0 Å². The summed E-state index contributed by atoms with van der Waals surface area (Å²) in [6, 6.07) is 0. The van der Waals surface area contributed by atoms with Gasteiger partial charge in [0.15, 0.2) is 0 Å². The van der Waals surface area contributed by atoms with Crippen molar-refractivity contribution < 1.29 is 9.53 Å². The van der Waals surface area contributed by atoms with Crippen LogP contribution in [0.1, 0.15) is 99.8 Å². The van der Waals surface area contributed by atoms with Crippen LogP contribution < -0.4 is 0 Å². The number of esters is 1. The van der Waals surface area contributed by atoms with Gasteiger partial charge < -0.3 is 4.74 Å². The molecule has 4 rings (SSSR count). The number of rotatable bonds is 5. The summed E-state index contributed by atoms with van der Waals surface area (Å²) >= 11 is 0. The van der Waals surface area contributed by atoms with Crippen molar-refractivity contribution in [2.75, 3.05) is 0 Å². The Labute approximate surface area is 162 Å². The maximum atomic E-state index is 13.1. The zero-order valence-corrected chi connectivity index (χ0v) is 15.9. The Balaban J connectivity index is 0.00000121. The molecule has 0 aromatic carbocycles. The van der Waals surface area contributed by atoms with Gasteiger partial charge >= 0.3 is 5.97 Å². The molecule has 0 aromatic rings. The molecule has 2 bridgehead atoms. The maximum Gasteiger partial charge on any atom is 0.309 e. The van der Waals surface area contributed by atoms with Crippen LogP contribution in [0.2, 0.25) is 0 Å². The molecule has 2 heteroatoms. The molecule has 7 unspecified atom stereocenters. The van der Waals surface area contributed by atoms with Crippen LogP contribution in [0, 0.1) is 41.4 Å². The third-order valence-corrected chi connectivity index (χ3v) is 8.45. The molecule has 0 aliphatic heterocycles. The molecule has 0 saturated heterocycles. The van der Waals surface area contributed by atoms with Crippen LogP contribution in [0.25, 0.3) is 0 Å². The summed E-state index contributed by atoms with van der Waals surface area (Å²) in [7, 11) is 0. The first-order valence-corrected chi connectivity index (χ1v) is 10.8. The summed E-state index contributed by atoms with van der Waals surface area (Å²) in [5.74, 6) is 5.38. The quantitative estimate of drug-likeness (QED) is 0.498. The van der Waals surface area contributed by atoms with Crippen LogP contribution >= 0.6 is 0 Å². The Bertz CT molecular complexity index is 479. The highest BCUT2D eigenvalue weighted by molar-refractivity contribution is 5.74. The maximum absolute atomic E-state index is 13.1. The predicted octanol–water partition coefficient (Wildman–Crippen LogP) is 6.87. The van der Waals surface area contributed by atoms with E-state index in [9.17, 15) is 4.79 Å². The Morgan fingerprint density at radius 2 is 1.73 bits per heavy atom. The minimum Gasteiger partial charge on any atom is -0.459 e. The van der Waals surface area contributed by atoms with Crippen LogP contribution in [-0.2, 0) is 9.53 Å². The van der Waals surface area contributed by atoms with Crippen molar-refractivity contribution in [3.05, 3.63) is 0 Å². The molecule has 152 valence electrons. The normalized spacial score (nSPS) is 42.0. The second kappa shape index (κ2) is 8.23. The molecular formula is C24H44O2. The summed E-state index contributed by atoms with van der Waals surface area (Å²) in [4.78, 5) is 13.1. The predicted molar refractivity (Wildman–Crippen MR) is 110 cm³/mol. The van der Waals surface area contributed by atoms with Gasteiger partial charge in [-0.2, -0.15) is 0 Å². The molecule has 4 saturated carbocycles. The van der Waals surface area contributed by atoms with Gasteiger partial charge in [0, 0.05) is 0 Å². The van der Waals surface area contributed by atoms with Crippen LogP contribution in [0.3, 0.4) is 0 Å². The molecule has 4 fully saturated rings. The molecule has 0 N–H and O–H groups in total. The van der Waals surface area contributed by atoms with Gasteiger partial charge in [0.05, 0.1) is 5.92 Å². The van der Waals surface area contributed by atoms with E-state index in [2.05, 4.69) is 20.8 Å². The van der Waals surface area contributed by atoms with E-state index in [1.807, 2.05) is 0 Å². The SMILES string of the molecule is C.C.CCCC1CC(C)C2C3CC(C(=O)OC4(CC)CCCC4)C(C3)C12. The molecule has 4 aliphatic carbocycles. The first-order chi connectivity index (χ1) is 11.6. The fourth-order valence-corrected chi connectivity index (χ4v) is 7.54. The number of ether oxygens (including phenoxy) is 1. The number of hydrogen-bond acceptors (Lipinski definition) is 2. The van der Waals surface area contributed by atoms with Crippen LogP contribution in [0.15, 0.2) is 0 Å². The average molecular weight is 365 g/mol. The summed E-state index contributed by atoms with van der Waals surface area (Å²) in [6.07, 6.45) is 12.2. The topological polar surface area (TPSA) is 26.3 Å². The zero-order chi connectivity index (χ0) is 16.9. The van der Waals surface area contributed by atoms with Crippen molar-refractivity contribution in [2.24, 2.45) is 41.4 Å². The highest BCUT2D eigenvalue weighted by Gasteiger charge is 2.61. The van der Waals surface area contributed by atoms with E-state index in [1.165, 1.54) is 38.5 Å². The number of hydrogen-bond donors (Lipinski definition) is 0. The largest absolute Gasteiger partial charge is 0.459 e. The number of carbonyl (C=O) groups excluding carboxylic acids is 1. The fraction of sp³-hybridized carbons (Fsp3) is 0.958. The Kier molecular flexibility index (Phi) is 6.89. The molecule has 26 heavy (non-hydrogen) atoms. The van der Waals surface area contributed by atoms with Crippen LogP contribution in [0.4, 0.5) is 0 Å². The summed E-state index contributed by atoms with van der Waals surface area (Å²) < 4.78 is 6.22. The Morgan fingerprint density at radius 1 is 1.04 bits per heavy atom. The summed E-state index contributed by atoms with van der Waals surface area (Å²) in [5.41, 5.74) is -0.107. The van der Waals surface area contributed by atoms with Crippen molar-refractivity contribution in [2.45, 2.75) is 105 Å². The third-order valence-electron chi connectivity index (χ3n) is 8.45. The summed E-state index contributed by atoms with van der Waals surface area (Å²) in [6.45, 7) is 7.00. The van der Waals surface area contributed by atoms with Gasteiger partial charge in [-0.15, -0.1) is 0 Å². The van der Waals surface area contributed by atoms with E-state index < -0.39 is 0 Å². The van der Waals surface area contributed by atoms with Gasteiger partial charge in [0.1, 0.15) is 5.60 Å². The van der Waals surface area contributed by atoms with Gasteiger partial charge in [-0.25, -0.2) is 0 Å². The third kappa shape index (κ3) is 3.35. The van der Waals surface area contributed by atoms with Gasteiger partial charge in [0.25, 0.3) is 0 Å². The lowest BCUT2D eigenvalue weighted by Crippen LogP contribution is -2.39. The van der Waals surface area contributed by atoms with E-state index in [1.54, 1.807) is 0 Å². The van der Waals surface area contributed by atoms with Gasteiger partial charge in [-0.1, -0.05) is 48.5 Å². The van der Waals surface area contributed by atoms with Gasteiger partial charge in [0.2, 0.25) is 0 Å². The lowest BCUT2D eigenvalue weighted by Gasteiger charge is -2.37. The van der Waals surface area contributed by atoms with Crippen molar-refractivity contribution >= 4 is 5.97 Å².